The van der Waals surface area contributed by atoms with E-state index in [-0.39, 0.29) is 12.1 Å². The van der Waals surface area contributed by atoms with Gasteiger partial charge < -0.3 is 5.32 Å². The number of nitrogens with zero attached hydrogens (tertiary/aromatic N) is 3. The molecule has 3 heterocycles. The molecule has 19 heavy (non-hydrogen) atoms. The van der Waals surface area contributed by atoms with Gasteiger partial charge in [0.15, 0.2) is 0 Å². The molecule has 2 aromatic rings. The summed E-state index contributed by atoms with van der Waals surface area (Å²) in [5, 5.41) is 7.55. The Labute approximate surface area is 109 Å². The fourth-order valence-corrected chi connectivity index (χ4v) is 2.19. The van der Waals surface area contributed by atoms with E-state index < -0.39 is 5.82 Å². The molecule has 6 heteroatoms. The molecule has 1 aliphatic heterocycles. The van der Waals surface area contributed by atoms with E-state index in [1.54, 1.807) is 6.07 Å². The molecule has 0 amide bonds. The fraction of sp³-hybridized carbons (Fsp3) is 0.308. The van der Waals surface area contributed by atoms with E-state index in [1.165, 1.54) is 16.9 Å². The van der Waals surface area contributed by atoms with Gasteiger partial charge >= 0.3 is 0 Å². The first kappa shape index (κ1) is 12.0. The molecule has 5 nitrogen and oxygen atoms in total. The molecule has 2 aromatic heterocycles. The van der Waals surface area contributed by atoms with E-state index in [0.29, 0.717) is 12.1 Å². The van der Waals surface area contributed by atoms with Crippen LogP contribution in [0.2, 0.25) is 0 Å². The van der Waals surface area contributed by atoms with Crippen LogP contribution in [0.4, 0.5) is 4.39 Å². The van der Waals surface area contributed by atoms with Gasteiger partial charge in [0.2, 0.25) is 0 Å². The van der Waals surface area contributed by atoms with Crippen molar-refractivity contribution in [1.29, 1.82) is 0 Å². The summed E-state index contributed by atoms with van der Waals surface area (Å²) in [6, 6.07) is 2.96. The van der Waals surface area contributed by atoms with Crippen LogP contribution in [0.5, 0.6) is 0 Å². The van der Waals surface area contributed by atoms with Gasteiger partial charge in [-0.2, -0.15) is 5.10 Å². The van der Waals surface area contributed by atoms with Crippen molar-refractivity contribution >= 4 is 0 Å². The van der Waals surface area contributed by atoms with Gasteiger partial charge in [0.25, 0.3) is 5.56 Å². The summed E-state index contributed by atoms with van der Waals surface area (Å²) in [5.41, 5.74) is 2.34. The smallest absolute Gasteiger partial charge is 0.267 e. The van der Waals surface area contributed by atoms with E-state index in [9.17, 15) is 9.18 Å². The van der Waals surface area contributed by atoms with Gasteiger partial charge in [0, 0.05) is 31.8 Å². The van der Waals surface area contributed by atoms with E-state index >= 15 is 0 Å². The Morgan fingerprint density at radius 1 is 1.37 bits per heavy atom. The monoisotopic (exact) mass is 260 g/mol. The molecule has 0 spiro atoms. The van der Waals surface area contributed by atoms with Gasteiger partial charge in [-0.25, -0.2) is 9.07 Å². The Bertz CT molecular complexity index is 668. The van der Waals surface area contributed by atoms with Gasteiger partial charge in [-0.3, -0.25) is 9.78 Å². The van der Waals surface area contributed by atoms with Crippen LogP contribution in [0.25, 0.3) is 0 Å². The predicted octanol–water partition coefficient (Wildman–Crippen LogP) is 0.471. The van der Waals surface area contributed by atoms with Gasteiger partial charge in [-0.15, -0.1) is 0 Å². The zero-order chi connectivity index (χ0) is 13.2. The molecular weight excluding hydrogens is 247 g/mol. The molecule has 0 aliphatic carbocycles. The van der Waals surface area contributed by atoms with Crippen molar-refractivity contribution in [3.8, 4) is 0 Å². The minimum Gasteiger partial charge on any atom is -0.312 e. The van der Waals surface area contributed by atoms with Gasteiger partial charge in [-0.1, -0.05) is 0 Å². The van der Waals surface area contributed by atoms with Gasteiger partial charge in [0.1, 0.15) is 5.82 Å². The molecule has 0 saturated heterocycles. The second-order valence-electron chi connectivity index (χ2n) is 4.55. The first-order valence-electron chi connectivity index (χ1n) is 6.12. The molecule has 0 saturated carbocycles. The quantitative estimate of drug-likeness (QED) is 0.852. The second kappa shape index (κ2) is 4.89. The minimum atomic E-state index is -0.410. The molecule has 0 radical (unpaired) electrons. The Morgan fingerprint density at radius 3 is 3.11 bits per heavy atom. The van der Waals surface area contributed by atoms with Crippen LogP contribution in [-0.4, -0.2) is 21.3 Å². The molecule has 0 bridgehead atoms. The summed E-state index contributed by atoms with van der Waals surface area (Å²) in [6.07, 6.45) is 3.48. The topological polar surface area (TPSA) is 59.8 Å². The number of hydrogen-bond donors (Lipinski definition) is 1. The molecule has 1 N–H and O–H groups in total. The standard InChI is InChI=1S/C13H13FN4O/c14-11-3-9(5-16-7-11)8-18-13(19)4-10-6-15-2-1-12(10)17-18/h3-5,7,15H,1-2,6,8H2. The summed E-state index contributed by atoms with van der Waals surface area (Å²) in [7, 11) is 0. The van der Waals surface area contributed by atoms with Crippen LogP contribution in [-0.2, 0) is 19.5 Å². The van der Waals surface area contributed by atoms with E-state index in [2.05, 4.69) is 15.4 Å². The zero-order valence-electron chi connectivity index (χ0n) is 10.3. The average molecular weight is 260 g/mol. The third-order valence-corrected chi connectivity index (χ3v) is 3.11. The van der Waals surface area contributed by atoms with E-state index in [0.717, 1.165) is 30.4 Å². The van der Waals surface area contributed by atoms with Crippen molar-refractivity contribution in [1.82, 2.24) is 20.1 Å². The highest BCUT2D eigenvalue weighted by Gasteiger charge is 2.13. The number of fused-ring (bicyclic) bond motifs is 1. The maximum Gasteiger partial charge on any atom is 0.267 e. The van der Waals surface area contributed by atoms with Crippen molar-refractivity contribution in [3.63, 3.8) is 0 Å². The maximum atomic E-state index is 13.1. The van der Waals surface area contributed by atoms with Crippen LogP contribution in [0.15, 0.2) is 29.3 Å². The highest BCUT2D eigenvalue weighted by molar-refractivity contribution is 5.21. The van der Waals surface area contributed by atoms with Crippen molar-refractivity contribution in [2.24, 2.45) is 0 Å². The van der Waals surface area contributed by atoms with E-state index in [1.807, 2.05) is 0 Å². The predicted molar refractivity (Wildman–Crippen MR) is 67.2 cm³/mol. The Balaban J connectivity index is 1.95. The van der Waals surface area contributed by atoms with Crippen molar-refractivity contribution in [2.45, 2.75) is 19.5 Å². The van der Waals surface area contributed by atoms with Crippen molar-refractivity contribution in [2.75, 3.05) is 6.54 Å². The van der Waals surface area contributed by atoms with Gasteiger partial charge in [-0.05, 0) is 17.2 Å². The Hall–Kier alpha value is -2.08. The lowest BCUT2D eigenvalue weighted by atomic mass is 10.1. The maximum absolute atomic E-state index is 13.1. The largest absolute Gasteiger partial charge is 0.312 e. The second-order valence-corrected chi connectivity index (χ2v) is 4.55. The van der Waals surface area contributed by atoms with Crippen molar-refractivity contribution in [3.05, 3.63) is 57.5 Å². The van der Waals surface area contributed by atoms with Crippen LogP contribution >= 0.6 is 0 Å². The normalized spacial score (nSPS) is 14.2. The number of halogens is 1. The average Bonchev–Trinajstić information content (AvgIpc) is 2.40. The minimum absolute atomic E-state index is 0.174. The molecule has 3 rings (SSSR count). The van der Waals surface area contributed by atoms with Gasteiger partial charge in [0.05, 0.1) is 18.4 Å². The SMILES string of the molecule is O=c1cc2c(nn1Cc1cncc(F)c1)CCNC2. The third-order valence-electron chi connectivity index (χ3n) is 3.11. The molecule has 0 fully saturated rings. The van der Waals surface area contributed by atoms with Crippen LogP contribution in [0, 0.1) is 5.82 Å². The van der Waals surface area contributed by atoms with Crippen LogP contribution in [0.3, 0.4) is 0 Å². The fourth-order valence-electron chi connectivity index (χ4n) is 2.19. The lowest BCUT2D eigenvalue weighted by Gasteiger charge is -2.17. The first-order chi connectivity index (χ1) is 9.22. The Morgan fingerprint density at radius 2 is 2.26 bits per heavy atom. The summed E-state index contributed by atoms with van der Waals surface area (Å²) in [6.45, 7) is 1.78. The summed E-state index contributed by atoms with van der Waals surface area (Å²) < 4.78 is 14.4. The van der Waals surface area contributed by atoms with Crippen LogP contribution < -0.4 is 10.9 Å². The molecule has 0 atom stereocenters. The lowest BCUT2D eigenvalue weighted by Crippen LogP contribution is -2.31. The third kappa shape index (κ3) is 2.53. The number of rotatable bonds is 2. The number of nitrogens with one attached hydrogen (secondary N) is 1. The highest BCUT2D eigenvalue weighted by Crippen LogP contribution is 2.08. The highest BCUT2D eigenvalue weighted by atomic mass is 19.1. The lowest BCUT2D eigenvalue weighted by molar-refractivity contribution is 0.558. The molecule has 0 unspecified atom stereocenters. The first-order valence-corrected chi connectivity index (χ1v) is 6.12. The van der Waals surface area contributed by atoms with Crippen LogP contribution in [0.1, 0.15) is 16.8 Å². The summed E-state index contributed by atoms with van der Waals surface area (Å²) >= 11 is 0. The number of aromatic nitrogens is 3. The Kier molecular flexibility index (Phi) is 3.08. The summed E-state index contributed by atoms with van der Waals surface area (Å²) in [5.74, 6) is -0.410. The molecule has 1 aliphatic rings. The molecule has 98 valence electrons. The number of pyridine rings is 1. The van der Waals surface area contributed by atoms with E-state index in [4.69, 9.17) is 0 Å². The number of hydrogen-bond acceptors (Lipinski definition) is 4. The summed E-state index contributed by atoms with van der Waals surface area (Å²) in [4.78, 5) is 15.7. The zero-order valence-corrected chi connectivity index (χ0v) is 10.3. The molecule has 0 aromatic carbocycles. The van der Waals surface area contributed by atoms with Crippen molar-refractivity contribution < 1.29 is 4.39 Å². The molecular formula is C13H13FN4O.